The van der Waals surface area contributed by atoms with Crippen LogP contribution in [0.1, 0.15) is 11.4 Å². The number of nitrogens with zero attached hydrogens (tertiary/aromatic N) is 4. The molecule has 0 aliphatic heterocycles. The quantitative estimate of drug-likeness (QED) is 0.668. The van der Waals surface area contributed by atoms with Gasteiger partial charge in [-0.25, -0.2) is 15.0 Å². The van der Waals surface area contributed by atoms with Crippen LogP contribution in [0, 0.1) is 0 Å². The van der Waals surface area contributed by atoms with Gasteiger partial charge in [-0.05, 0) is 12.1 Å². The van der Waals surface area contributed by atoms with Crippen molar-refractivity contribution in [1.29, 1.82) is 0 Å². The van der Waals surface area contributed by atoms with Crippen molar-refractivity contribution in [2.24, 2.45) is 0 Å². The Morgan fingerprint density at radius 3 is 2.21 bits per heavy atom. The molecule has 0 spiro atoms. The van der Waals surface area contributed by atoms with Gasteiger partial charge in [0.15, 0.2) is 0 Å². The summed E-state index contributed by atoms with van der Waals surface area (Å²) in [6.45, 7) is 0.257. The topological polar surface area (TPSA) is 43.6 Å². The first-order valence-electron chi connectivity index (χ1n) is 6.69. The highest BCUT2D eigenvalue weighted by Crippen LogP contribution is 2.31. The van der Waals surface area contributed by atoms with E-state index in [1.165, 1.54) is 24.5 Å². The van der Waals surface area contributed by atoms with Gasteiger partial charge in [-0.3, -0.25) is 0 Å². The maximum atomic E-state index is 12.7. The van der Waals surface area contributed by atoms with Crippen LogP contribution in [0.5, 0.6) is 0 Å². The van der Waals surface area contributed by atoms with E-state index in [2.05, 4.69) is 15.0 Å². The number of imidazole rings is 1. The third-order valence-corrected chi connectivity index (χ3v) is 3.58. The van der Waals surface area contributed by atoms with Crippen LogP contribution in [0.4, 0.5) is 13.2 Å². The van der Waals surface area contributed by atoms with Gasteiger partial charge >= 0.3 is 6.18 Å². The van der Waals surface area contributed by atoms with Crippen molar-refractivity contribution in [2.75, 3.05) is 0 Å². The molecule has 0 aliphatic rings. The van der Waals surface area contributed by atoms with Gasteiger partial charge in [0.2, 0.25) is 0 Å². The molecule has 3 rings (SSSR count). The molecule has 2 heterocycles. The molecular formula is C15H9Cl2F3N4. The lowest BCUT2D eigenvalue weighted by atomic mass is 10.1. The van der Waals surface area contributed by atoms with Crippen LogP contribution in [-0.4, -0.2) is 19.5 Å². The van der Waals surface area contributed by atoms with E-state index in [0.29, 0.717) is 22.2 Å². The van der Waals surface area contributed by atoms with Crippen LogP contribution in [0.25, 0.3) is 11.4 Å². The Kier molecular flexibility index (Phi) is 4.47. The Hall–Kier alpha value is -2.12. The molecule has 0 fully saturated rings. The van der Waals surface area contributed by atoms with Crippen LogP contribution in [0.2, 0.25) is 10.2 Å². The van der Waals surface area contributed by atoms with Crippen LogP contribution in [-0.2, 0) is 12.7 Å². The lowest BCUT2D eigenvalue weighted by Crippen LogP contribution is -2.06. The molecule has 0 saturated heterocycles. The zero-order valence-corrected chi connectivity index (χ0v) is 13.4. The van der Waals surface area contributed by atoms with E-state index in [1.807, 2.05) is 0 Å². The molecule has 0 aliphatic carbocycles. The number of rotatable bonds is 3. The fourth-order valence-electron chi connectivity index (χ4n) is 2.12. The summed E-state index contributed by atoms with van der Waals surface area (Å²) in [4.78, 5) is 12.3. The zero-order valence-electron chi connectivity index (χ0n) is 11.9. The molecule has 0 saturated carbocycles. The van der Waals surface area contributed by atoms with Gasteiger partial charge in [-0.15, -0.1) is 0 Å². The molecule has 0 atom stereocenters. The largest absolute Gasteiger partial charge is 0.416 e. The maximum Gasteiger partial charge on any atom is 0.416 e. The second kappa shape index (κ2) is 6.41. The summed E-state index contributed by atoms with van der Waals surface area (Å²) in [7, 11) is 0. The molecule has 3 aromatic rings. The number of alkyl halides is 3. The molecule has 24 heavy (non-hydrogen) atoms. The lowest BCUT2D eigenvalue weighted by Gasteiger charge is -2.09. The minimum atomic E-state index is -4.39. The monoisotopic (exact) mass is 372 g/mol. The van der Waals surface area contributed by atoms with Crippen LogP contribution >= 0.6 is 23.2 Å². The summed E-state index contributed by atoms with van der Waals surface area (Å²) in [6.07, 6.45) is 0.0930. The summed E-state index contributed by atoms with van der Waals surface area (Å²) in [5, 5.41) is 0.629. The molecule has 9 heteroatoms. The minimum Gasteiger partial charge on any atom is -0.322 e. The average molecular weight is 373 g/mol. The van der Waals surface area contributed by atoms with Gasteiger partial charge in [-0.2, -0.15) is 13.2 Å². The molecule has 2 aromatic heterocycles. The first-order chi connectivity index (χ1) is 11.3. The number of aromatic nitrogens is 4. The fraction of sp³-hybridized carbons (Fsp3) is 0.133. The molecule has 0 amide bonds. The molecule has 0 bridgehead atoms. The first-order valence-corrected chi connectivity index (χ1v) is 7.45. The number of hydrogen-bond acceptors (Lipinski definition) is 3. The van der Waals surface area contributed by atoms with E-state index >= 15 is 0 Å². The standard InChI is InChI=1S/C15H9Cl2F3N4/c16-11-5-21-13(22-6-11)8-24-7-12(17)23-14(24)9-1-3-10(4-2-9)15(18,19)20/h1-7H,8H2. The Bertz CT molecular complexity index is 843. The third kappa shape index (κ3) is 3.68. The number of halogens is 5. The van der Waals surface area contributed by atoms with Crippen molar-refractivity contribution in [3.05, 3.63) is 64.4 Å². The van der Waals surface area contributed by atoms with Gasteiger partial charge in [0.25, 0.3) is 0 Å². The van der Waals surface area contributed by atoms with Gasteiger partial charge in [0, 0.05) is 24.2 Å². The highest BCUT2D eigenvalue weighted by atomic mass is 35.5. The van der Waals surface area contributed by atoms with Crippen LogP contribution in [0.3, 0.4) is 0 Å². The predicted molar refractivity (Wildman–Crippen MR) is 83.8 cm³/mol. The summed E-state index contributed by atoms with van der Waals surface area (Å²) in [5.74, 6) is 0.897. The summed E-state index contributed by atoms with van der Waals surface area (Å²) in [6, 6.07) is 4.70. The Balaban J connectivity index is 1.92. The summed E-state index contributed by atoms with van der Waals surface area (Å²) in [5.41, 5.74) is -0.222. The molecule has 0 N–H and O–H groups in total. The normalized spacial score (nSPS) is 11.7. The van der Waals surface area contributed by atoms with Crippen molar-refractivity contribution in [2.45, 2.75) is 12.7 Å². The molecule has 0 radical (unpaired) electrons. The minimum absolute atomic E-state index is 0.221. The molecule has 1 aromatic carbocycles. The number of hydrogen-bond donors (Lipinski definition) is 0. The fourth-order valence-corrected chi connectivity index (χ4v) is 2.41. The summed E-state index contributed by atoms with van der Waals surface area (Å²) >= 11 is 11.7. The van der Waals surface area contributed by atoms with Crippen molar-refractivity contribution in [1.82, 2.24) is 19.5 Å². The Labute approximate surface area is 144 Å². The van der Waals surface area contributed by atoms with E-state index in [9.17, 15) is 13.2 Å². The van der Waals surface area contributed by atoms with E-state index < -0.39 is 11.7 Å². The zero-order chi connectivity index (χ0) is 17.3. The smallest absolute Gasteiger partial charge is 0.322 e. The molecule has 4 nitrogen and oxygen atoms in total. The van der Waals surface area contributed by atoms with Gasteiger partial charge in [-0.1, -0.05) is 35.3 Å². The maximum absolute atomic E-state index is 12.7. The lowest BCUT2D eigenvalue weighted by molar-refractivity contribution is -0.137. The highest BCUT2D eigenvalue weighted by molar-refractivity contribution is 6.30. The predicted octanol–water partition coefficient (Wildman–Crippen LogP) is 4.71. The highest BCUT2D eigenvalue weighted by Gasteiger charge is 2.30. The van der Waals surface area contributed by atoms with Gasteiger partial charge in [0.1, 0.15) is 16.8 Å². The molecule has 0 unspecified atom stereocenters. The SMILES string of the molecule is FC(F)(F)c1ccc(-c2nc(Cl)cn2Cc2ncc(Cl)cn2)cc1. The van der Waals surface area contributed by atoms with Crippen molar-refractivity contribution >= 4 is 23.2 Å². The van der Waals surface area contributed by atoms with Crippen molar-refractivity contribution in [3.8, 4) is 11.4 Å². The van der Waals surface area contributed by atoms with Crippen molar-refractivity contribution in [3.63, 3.8) is 0 Å². The first kappa shape index (κ1) is 16.7. The second-order valence-corrected chi connectivity index (χ2v) is 5.73. The second-order valence-electron chi connectivity index (χ2n) is 4.91. The van der Waals surface area contributed by atoms with Gasteiger partial charge < -0.3 is 4.57 Å². The van der Waals surface area contributed by atoms with Crippen LogP contribution in [0.15, 0.2) is 42.9 Å². The van der Waals surface area contributed by atoms with E-state index in [4.69, 9.17) is 23.2 Å². The molecule has 124 valence electrons. The van der Waals surface area contributed by atoms with Crippen LogP contribution < -0.4 is 0 Å². The molecular weight excluding hydrogens is 364 g/mol. The van der Waals surface area contributed by atoms with E-state index in [-0.39, 0.29) is 11.7 Å². The third-order valence-electron chi connectivity index (χ3n) is 3.20. The average Bonchev–Trinajstić information content (AvgIpc) is 2.89. The Morgan fingerprint density at radius 2 is 1.62 bits per heavy atom. The Morgan fingerprint density at radius 1 is 1.00 bits per heavy atom. The summed E-state index contributed by atoms with van der Waals surface area (Å²) < 4.78 is 39.6. The van der Waals surface area contributed by atoms with E-state index in [0.717, 1.165) is 12.1 Å². The van der Waals surface area contributed by atoms with E-state index in [1.54, 1.807) is 10.8 Å². The van der Waals surface area contributed by atoms with Crippen molar-refractivity contribution < 1.29 is 13.2 Å². The van der Waals surface area contributed by atoms with Gasteiger partial charge in [0.05, 0.1) is 17.1 Å². The number of benzene rings is 1.